The number of nitrogens with zero attached hydrogens (tertiary/aromatic N) is 1. The summed E-state index contributed by atoms with van der Waals surface area (Å²) in [5.74, 6) is 0.0201. The fourth-order valence-electron chi connectivity index (χ4n) is 2.00. The van der Waals surface area contributed by atoms with E-state index >= 15 is 0 Å². The smallest absolute Gasteiger partial charge is 0.411 e. The highest BCUT2D eigenvalue weighted by Crippen LogP contribution is 2.23. The molecule has 0 bridgehead atoms. The molecule has 0 unspecified atom stereocenters. The Hall–Kier alpha value is -2.56. The lowest BCUT2D eigenvalue weighted by molar-refractivity contribution is 0.202. The van der Waals surface area contributed by atoms with Crippen molar-refractivity contribution in [3.05, 3.63) is 42.0 Å². The first-order valence-electron chi connectivity index (χ1n) is 5.91. The summed E-state index contributed by atoms with van der Waals surface area (Å²) < 4.78 is 0. The largest absolute Gasteiger partial charge is 0.465 e. The van der Waals surface area contributed by atoms with Crippen LogP contribution in [0.1, 0.15) is 12.5 Å². The summed E-state index contributed by atoms with van der Waals surface area (Å²) >= 11 is 0. The molecule has 0 heterocycles. The lowest BCUT2D eigenvalue weighted by Crippen LogP contribution is -2.28. The van der Waals surface area contributed by atoms with Gasteiger partial charge in [0.05, 0.1) is 0 Å². The third-order valence-corrected chi connectivity index (χ3v) is 2.99. The van der Waals surface area contributed by atoms with Crippen LogP contribution in [0.2, 0.25) is 0 Å². The van der Waals surface area contributed by atoms with Gasteiger partial charge in [0.15, 0.2) is 0 Å². The van der Waals surface area contributed by atoms with E-state index in [4.69, 9.17) is 16.2 Å². The Morgan fingerprint density at radius 3 is 2.47 bits per heavy atom. The molecular formula is C14H15N3O2. The Morgan fingerprint density at radius 1 is 1.26 bits per heavy atom. The summed E-state index contributed by atoms with van der Waals surface area (Å²) in [4.78, 5) is 12.4. The number of rotatable bonds is 3. The van der Waals surface area contributed by atoms with E-state index in [2.05, 4.69) is 0 Å². The zero-order chi connectivity index (χ0) is 14.0. The number of hydrogen-bond donors (Lipinski definition) is 3. The minimum atomic E-state index is -0.970. The molecular weight excluding hydrogens is 242 g/mol. The first-order chi connectivity index (χ1) is 9.02. The van der Waals surface area contributed by atoms with Crippen LogP contribution in [-0.2, 0) is 0 Å². The molecule has 5 heteroatoms. The van der Waals surface area contributed by atoms with Crippen LogP contribution in [0.15, 0.2) is 36.4 Å². The van der Waals surface area contributed by atoms with Crippen molar-refractivity contribution in [3.63, 3.8) is 0 Å². The zero-order valence-corrected chi connectivity index (χ0v) is 10.6. The summed E-state index contributed by atoms with van der Waals surface area (Å²) in [6.07, 6.45) is -0.970. The standard InChI is InChI=1S/C14H15N3O2/c1-2-17(14(18)19)12-6-5-9-7-11(13(15)16)4-3-10(9)8-12/h3-8H,2H2,1H3,(H3,15,16)(H,18,19). The number of benzene rings is 2. The van der Waals surface area contributed by atoms with Crippen molar-refractivity contribution in [1.29, 1.82) is 5.41 Å². The Balaban J connectivity index is 2.50. The lowest BCUT2D eigenvalue weighted by Gasteiger charge is -2.17. The molecule has 5 nitrogen and oxygen atoms in total. The van der Waals surface area contributed by atoms with E-state index < -0.39 is 6.09 Å². The molecule has 2 aromatic carbocycles. The van der Waals surface area contributed by atoms with Crippen LogP contribution in [0, 0.1) is 5.41 Å². The summed E-state index contributed by atoms with van der Waals surface area (Å²) in [6, 6.07) is 10.8. The molecule has 0 spiro atoms. The fraction of sp³-hybridized carbons (Fsp3) is 0.143. The van der Waals surface area contributed by atoms with Crippen LogP contribution >= 0.6 is 0 Å². The van der Waals surface area contributed by atoms with Gasteiger partial charge in [-0.1, -0.05) is 18.2 Å². The highest BCUT2D eigenvalue weighted by atomic mass is 16.4. The van der Waals surface area contributed by atoms with Gasteiger partial charge in [-0.05, 0) is 35.9 Å². The highest BCUT2D eigenvalue weighted by Gasteiger charge is 2.12. The molecule has 2 aromatic rings. The molecule has 0 saturated carbocycles. The first-order valence-corrected chi connectivity index (χ1v) is 5.91. The molecule has 0 atom stereocenters. The minimum absolute atomic E-state index is 0.0201. The number of carbonyl (C=O) groups is 1. The van der Waals surface area contributed by atoms with Crippen molar-refractivity contribution in [2.75, 3.05) is 11.4 Å². The van der Waals surface area contributed by atoms with Gasteiger partial charge in [0, 0.05) is 17.8 Å². The SMILES string of the molecule is CCN(C(=O)O)c1ccc2cc(C(=N)N)ccc2c1. The molecule has 2 rings (SSSR count). The van der Waals surface area contributed by atoms with E-state index in [0.717, 1.165) is 10.8 Å². The van der Waals surface area contributed by atoms with Gasteiger partial charge in [0.2, 0.25) is 0 Å². The fourth-order valence-corrected chi connectivity index (χ4v) is 2.00. The Morgan fingerprint density at radius 2 is 1.89 bits per heavy atom. The number of nitrogens with two attached hydrogens (primary N) is 1. The average molecular weight is 257 g/mol. The molecule has 19 heavy (non-hydrogen) atoms. The maximum atomic E-state index is 11.1. The molecule has 98 valence electrons. The van der Waals surface area contributed by atoms with Gasteiger partial charge < -0.3 is 10.8 Å². The van der Waals surface area contributed by atoms with Gasteiger partial charge in [-0.15, -0.1) is 0 Å². The molecule has 0 radical (unpaired) electrons. The number of amides is 1. The van der Waals surface area contributed by atoms with Gasteiger partial charge in [0.1, 0.15) is 5.84 Å². The third kappa shape index (κ3) is 2.49. The van der Waals surface area contributed by atoms with E-state index in [1.54, 1.807) is 19.1 Å². The molecule has 0 aliphatic carbocycles. The maximum Gasteiger partial charge on any atom is 0.411 e. The molecule has 0 aliphatic rings. The van der Waals surface area contributed by atoms with Crippen molar-refractivity contribution in [2.24, 2.45) is 5.73 Å². The molecule has 0 fully saturated rings. The van der Waals surface area contributed by atoms with Gasteiger partial charge >= 0.3 is 6.09 Å². The van der Waals surface area contributed by atoms with Crippen molar-refractivity contribution >= 4 is 28.4 Å². The summed E-state index contributed by atoms with van der Waals surface area (Å²) in [5, 5.41) is 18.3. The van der Waals surface area contributed by atoms with Gasteiger partial charge in [-0.2, -0.15) is 0 Å². The van der Waals surface area contributed by atoms with Crippen molar-refractivity contribution < 1.29 is 9.90 Å². The van der Waals surface area contributed by atoms with E-state index in [1.807, 2.05) is 24.3 Å². The maximum absolute atomic E-state index is 11.1. The van der Waals surface area contributed by atoms with E-state index in [1.165, 1.54) is 4.90 Å². The monoisotopic (exact) mass is 257 g/mol. The Bertz CT molecular complexity index is 652. The number of nitrogen functional groups attached to an aromatic ring is 1. The molecule has 1 amide bonds. The second kappa shape index (κ2) is 4.97. The van der Waals surface area contributed by atoms with Crippen molar-refractivity contribution in [2.45, 2.75) is 6.92 Å². The van der Waals surface area contributed by atoms with Crippen LogP contribution in [0.4, 0.5) is 10.5 Å². The normalized spacial score (nSPS) is 10.4. The van der Waals surface area contributed by atoms with Crippen LogP contribution in [0.3, 0.4) is 0 Å². The van der Waals surface area contributed by atoms with E-state index in [9.17, 15) is 4.79 Å². The predicted molar refractivity (Wildman–Crippen MR) is 76.0 cm³/mol. The number of anilines is 1. The summed E-state index contributed by atoms with van der Waals surface area (Å²) in [7, 11) is 0. The van der Waals surface area contributed by atoms with Gasteiger partial charge in [-0.3, -0.25) is 10.3 Å². The molecule has 0 aliphatic heterocycles. The summed E-state index contributed by atoms with van der Waals surface area (Å²) in [6.45, 7) is 2.18. The first kappa shape index (κ1) is 12.9. The minimum Gasteiger partial charge on any atom is -0.465 e. The van der Waals surface area contributed by atoms with E-state index in [-0.39, 0.29) is 5.84 Å². The summed E-state index contributed by atoms with van der Waals surface area (Å²) in [5.41, 5.74) is 6.74. The third-order valence-electron chi connectivity index (χ3n) is 2.99. The van der Waals surface area contributed by atoms with Crippen molar-refractivity contribution in [1.82, 2.24) is 0 Å². The lowest BCUT2D eigenvalue weighted by atomic mass is 10.1. The number of hydrogen-bond acceptors (Lipinski definition) is 2. The highest BCUT2D eigenvalue weighted by molar-refractivity contribution is 6.00. The van der Waals surface area contributed by atoms with Crippen LogP contribution < -0.4 is 10.6 Å². The molecule has 4 N–H and O–H groups in total. The number of carboxylic acid groups (broad SMARTS) is 1. The second-order valence-corrected chi connectivity index (χ2v) is 4.19. The van der Waals surface area contributed by atoms with Gasteiger partial charge in [0.25, 0.3) is 0 Å². The zero-order valence-electron chi connectivity index (χ0n) is 10.6. The average Bonchev–Trinajstić information content (AvgIpc) is 2.38. The quantitative estimate of drug-likeness (QED) is 0.583. The van der Waals surface area contributed by atoms with Crippen LogP contribution in [0.5, 0.6) is 0 Å². The Labute approximate surface area is 110 Å². The Kier molecular flexibility index (Phi) is 3.37. The predicted octanol–water partition coefficient (Wildman–Crippen LogP) is 2.63. The topological polar surface area (TPSA) is 90.4 Å². The number of fused-ring (bicyclic) bond motifs is 1. The van der Waals surface area contributed by atoms with Crippen LogP contribution in [-0.4, -0.2) is 23.6 Å². The number of amidine groups is 1. The van der Waals surface area contributed by atoms with Gasteiger partial charge in [-0.25, -0.2) is 4.79 Å². The van der Waals surface area contributed by atoms with E-state index in [0.29, 0.717) is 17.8 Å². The van der Waals surface area contributed by atoms with Crippen LogP contribution in [0.25, 0.3) is 10.8 Å². The molecule has 0 aromatic heterocycles. The van der Waals surface area contributed by atoms with Crippen molar-refractivity contribution in [3.8, 4) is 0 Å². The molecule has 0 saturated heterocycles. The number of nitrogens with one attached hydrogen (secondary N) is 1. The second-order valence-electron chi connectivity index (χ2n) is 4.19.